The van der Waals surface area contributed by atoms with Gasteiger partial charge in [-0.25, -0.2) is 8.42 Å². The van der Waals surface area contributed by atoms with Gasteiger partial charge < -0.3 is 10.1 Å². The maximum absolute atomic E-state index is 13.0. The molecular formula is C20H19BrClN3O4S. The molecule has 7 nitrogen and oxygen atoms in total. The number of amides is 1. The number of aromatic nitrogens is 2. The van der Waals surface area contributed by atoms with Gasteiger partial charge in [0.05, 0.1) is 27.1 Å². The highest BCUT2D eigenvalue weighted by Crippen LogP contribution is 2.29. The minimum absolute atomic E-state index is 0.00944. The third-order valence-corrected chi connectivity index (χ3v) is 7.23. The Hall–Kier alpha value is -2.36. The van der Waals surface area contributed by atoms with Crippen molar-refractivity contribution in [2.45, 2.75) is 29.7 Å². The van der Waals surface area contributed by atoms with Crippen molar-refractivity contribution in [3.05, 3.63) is 63.9 Å². The zero-order valence-corrected chi connectivity index (χ0v) is 19.5. The van der Waals surface area contributed by atoms with E-state index in [-0.39, 0.29) is 15.7 Å². The number of rotatable bonds is 6. The number of ether oxygens (including phenoxy) is 1. The van der Waals surface area contributed by atoms with E-state index in [1.165, 1.54) is 48.2 Å². The molecule has 1 N–H and O–H groups in total. The molecule has 3 aromatic rings. The first-order valence-electron chi connectivity index (χ1n) is 8.83. The van der Waals surface area contributed by atoms with Crippen LogP contribution in [0.1, 0.15) is 18.7 Å². The molecule has 1 atom stereocenters. The lowest BCUT2D eigenvalue weighted by Crippen LogP contribution is -2.24. The Morgan fingerprint density at radius 2 is 1.87 bits per heavy atom. The molecule has 1 aromatic heterocycles. The summed E-state index contributed by atoms with van der Waals surface area (Å²) in [6.07, 6.45) is 1.71. The van der Waals surface area contributed by atoms with Crippen LogP contribution in [0.15, 0.2) is 62.9 Å². The number of carbonyl (C=O) groups excluding carboxylic acids is 1. The fourth-order valence-electron chi connectivity index (χ4n) is 2.69. The average Bonchev–Trinajstić information content (AvgIpc) is 3.05. The van der Waals surface area contributed by atoms with E-state index in [1.807, 2.05) is 6.92 Å². The van der Waals surface area contributed by atoms with Crippen molar-refractivity contribution in [1.29, 1.82) is 0 Å². The fourth-order valence-corrected chi connectivity index (χ4v) is 4.43. The number of anilines is 1. The number of aryl methyl sites for hydroxylation is 1. The predicted octanol–water partition coefficient (Wildman–Crippen LogP) is 4.65. The molecule has 0 aliphatic heterocycles. The number of hydrogen-bond donors (Lipinski definition) is 1. The predicted molar refractivity (Wildman–Crippen MR) is 118 cm³/mol. The summed E-state index contributed by atoms with van der Waals surface area (Å²) in [6.45, 7) is 3.51. The van der Waals surface area contributed by atoms with Gasteiger partial charge in [0, 0.05) is 23.0 Å². The summed E-state index contributed by atoms with van der Waals surface area (Å²) in [6, 6.07) is 9.59. The third-order valence-electron chi connectivity index (χ3n) is 4.45. The number of benzene rings is 2. The number of hydrogen-bond acceptors (Lipinski definition) is 5. The molecule has 10 heteroatoms. The van der Waals surface area contributed by atoms with Crippen molar-refractivity contribution in [3.8, 4) is 5.75 Å². The molecule has 1 amide bonds. The van der Waals surface area contributed by atoms with Gasteiger partial charge in [-0.05, 0) is 66.2 Å². The normalized spacial score (nSPS) is 12.4. The first kappa shape index (κ1) is 22.3. The van der Waals surface area contributed by atoms with E-state index in [4.69, 9.17) is 16.3 Å². The lowest BCUT2D eigenvalue weighted by Gasteiger charge is -2.15. The second kappa shape index (κ2) is 8.79. The Labute approximate surface area is 188 Å². The van der Waals surface area contributed by atoms with Crippen molar-refractivity contribution in [2.24, 2.45) is 0 Å². The first-order chi connectivity index (χ1) is 14.1. The molecule has 0 aliphatic carbocycles. The molecule has 0 saturated heterocycles. The zero-order valence-electron chi connectivity index (χ0n) is 16.4. The van der Waals surface area contributed by atoms with Gasteiger partial charge in [-0.15, -0.1) is 0 Å². The van der Waals surface area contributed by atoms with E-state index in [2.05, 4.69) is 26.3 Å². The average molecular weight is 513 g/mol. The Morgan fingerprint density at radius 1 is 1.20 bits per heavy atom. The molecule has 0 bridgehead atoms. The minimum atomic E-state index is -3.84. The van der Waals surface area contributed by atoms with Crippen LogP contribution in [0.25, 0.3) is 0 Å². The van der Waals surface area contributed by atoms with Crippen LogP contribution in [0.5, 0.6) is 5.75 Å². The summed E-state index contributed by atoms with van der Waals surface area (Å²) in [4.78, 5) is 12.8. The smallest absolute Gasteiger partial charge is 0.248 e. The van der Waals surface area contributed by atoms with Crippen LogP contribution >= 0.6 is 27.5 Å². The lowest BCUT2D eigenvalue weighted by atomic mass is 10.2. The highest BCUT2D eigenvalue weighted by Gasteiger charge is 2.22. The molecule has 0 radical (unpaired) electrons. The van der Waals surface area contributed by atoms with Crippen molar-refractivity contribution < 1.29 is 17.9 Å². The Balaban J connectivity index is 1.92. The Bertz CT molecular complexity index is 1170. The van der Waals surface area contributed by atoms with Gasteiger partial charge in [0.15, 0.2) is 0 Å². The Kier molecular flexibility index (Phi) is 6.54. The molecular weight excluding hydrogens is 494 g/mol. The molecule has 0 aliphatic rings. The molecule has 0 saturated carbocycles. The van der Waals surface area contributed by atoms with Gasteiger partial charge in [0.25, 0.3) is 0 Å². The number of nitrogens with zero attached hydrogens (tertiary/aromatic N) is 2. The van der Waals surface area contributed by atoms with Crippen molar-refractivity contribution in [2.75, 3.05) is 12.4 Å². The maximum Gasteiger partial charge on any atom is 0.248 e. The van der Waals surface area contributed by atoms with E-state index in [1.54, 1.807) is 19.2 Å². The number of halogens is 2. The number of nitrogens with one attached hydrogen (secondary N) is 1. The highest BCUT2D eigenvalue weighted by atomic mass is 79.9. The summed E-state index contributed by atoms with van der Waals surface area (Å²) in [5, 5.41) is 7.46. The van der Waals surface area contributed by atoms with Crippen LogP contribution < -0.4 is 10.1 Å². The largest absolute Gasteiger partial charge is 0.497 e. The maximum atomic E-state index is 13.0. The monoisotopic (exact) mass is 511 g/mol. The molecule has 0 fully saturated rings. The molecule has 1 heterocycles. The van der Waals surface area contributed by atoms with E-state index in [0.29, 0.717) is 16.5 Å². The molecule has 0 spiro atoms. The van der Waals surface area contributed by atoms with Gasteiger partial charge >= 0.3 is 0 Å². The van der Waals surface area contributed by atoms with Crippen LogP contribution in [0, 0.1) is 6.92 Å². The van der Waals surface area contributed by atoms with E-state index < -0.39 is 15.9 Å². The zero-order chi connectivity index (χ0) is 22.1. The summed E-state index contributed by atoms with van der Waals surface area (Å²) in [7, 11) is -2.41. The quantitative estimate of drug-likeness (QED) is 0.519. The number of sulfone groups is 1. The lowest BCUT2D eigenvalue weighted by molar-refractivity contribution is -0.119. The summed E-state index contributed by atoms with van der Waals surface area (Å²) in [5.41, 5.74) is 1.05. The second-order valence-electron chi connectivity index (χ2n) is 6.56. The van der Waals surface area contributed by atoms with Crippen LogP contribution in [0.3, 0.4) is 0 Å². The van der Waals surface area contributed by atoms with E-state index in [9.17, 15) is 13.2 Å². The summed E-state index contributed by atoms with van der Waals surface area (Å²) in [5.74, 6) is -0.0567. The van der Waals surface area contributed by atoms with E-state index >= 15 is 0 Å². The van der Waals surface area contributed by atoms with Gasteiger partial charge in [0.1, 0.15) is 11.8 Å². The topological polar surface area (TPSA) is 90.3 Å². The van der Waals surface area contributed by atoms with Gasteiger partial charge in [-0.2, -0.15) is 5.10 Å². The number of methoxy groups -OCH3 is 1. The van der Waals surface area contributed by atoms with Crippen molar-refractivity contribution in [1.82, 2.24) is 9.78 Å². The second-order valence-corrected chi connectivity index (χ2v) is 9.80. The van der Waals surface area contributed by atoms with Gasteiger partial charge in [0.2, 0.25) is 15.7 Å². The van der Waals surface area contributed by atoms with Crippen molar-refractivity contribution in [3.63, 3.8) is 0 Å². The van der Waals surface area contributed by atoms with Gasteiger partial charge in [-0.3, -0.25) is 9.48 Å². The SMILES string of the molecule is COc1cc(NC(=O)C(C)n2cc(Br)c(C)n2)cc(S(=O)(=O)c2ccc(Cl)cc2)c1. The molecule has 1 unspecified atom stereocenters. The van der Waals surface area contributed by atoms with Gasteiger partial charge in [-0.1, -0.05) is 11.6 Å². The summed E-state index contributed by atoms with van der Waals surface area (Å²) >= 11 is 9.23. The van der Waals surface area contributed by atoms with Crippen LogP contribution in [-0.4, -0.2) is 31.2 Å². The molecule has 158 valence electrons. The van der Waals surface area contributed by atoms with Crippen LogP contribution in [-0.2, 0) is 14.6 Å². The fraction of sp³-hybridized carbons (Fsp3) is 0.200. The van der Waals surface area contributed by atoms with E-state index in [0.717, 1.165) is 10.2 Å². The Morgan fingerprint density at radius 3 is 2.43 bits per heavy atom. The number of carbonyl (C=O) groups is 1. The minimum Gasteiger partial charge on any atom is -0.497 e. The standard InChI is InChI=1S/C20H19BrClN3O4S/c1-12-19(21)11-25(24-12)13(2)20(26)23-15-8-16(29-3)10-18(9-15)30(27,28)17-6-4-14(22)5-7-17/h4-11,13H,1-3H3,(H,23,26). The summed E-state index contributed by atoms with van der Waals surface area (Å²) < 4.78 is 33.6. The first-order valence-corrected chi connectivity index (χ1v) is 11.5. The molecule has 30 heavy (non-hydrogen) atoms. The third kappa shape index (κ3) is 4.69. The van der Waals surface area contributed by atoms with Crippen molar-refractivity contribution >= 4 is 49.0 Å². The highest BCUT2D eigenvalue weighted by molar-refractivity contribution is 9.10. The van der Waals surface area contributed by atoms with Crippen LogP contribution in [0.4, 0.5) is 5.69 Å². The van der Waals surface area contributed by atoms with Crippen LogP contribution in [0.2, 0.25) is 5.02 Å². The molecule has 2 aromatic carbocycles. The molecule has 3 rings (SSSR count).